The SMILES string of the molecule is Cc1ccc[n+](C(C(=S)Nc2ccc(F)cc2)=C([O-])c2cccc([N+](=O)[O-])c2)c1. The molecular formula is C21H16FN3O3S. The minimum atomic E-state index is -0.564. The number of anilines is 1. The summed E-state index contributed by atoms with van der Waals surface area (Å²) in [6, 6.07) is 14.6. The lowest BCUT2D eigenvalue weighted by Crippen LogP contribution is -2.40. The Hall–Kier alpha value is -3.65. The van der Waals surface area contributed by atoms with Gasteiger partial charge in [0.25, 0.3) is 5.69 Å². The molecule has 1 N–H and O–H groups in total. The maximum absolute atomic E-state index is 13.2. The van der Waals surface area contributed by atoms with Crippen molar-refractivity contribution in [3.8, 4) is 0 Å². The zero-order valence-corrected chi connectivity index (χ0v) is 16.2. The highest BCUT2D eigenvalue weighted by Crippen LogP contribution is 2.21. The number of aromatic nitrogens is 1. The molecule has 3 aromatic rings. The van der Waals surface area contributed by atoms with Crippen LogP contribution in [0.5, 0.6) is 0 Å². The van der Waals surface area contributed by atoms with E-state index in [9.17, 15) is 19.6 Å². The van der Waals surface area contributed by atoms with Gasteiger partial charge >= 0.3 is 0 Å². The van der Waals surface area contributed by atoms with E-state index in [1.54, 1.807) is 23.0 Å². The third-order valence-electron chi connectivity index (χ3n) is 4.06. The molecule has 8 heteroatoms. The second kappa shape index (κ2) is 8.57. The quantitative estimate of drug-likeness (QED) is 0.174. The number of benzene rings is 2. The molecule has 0 bridgehead atoms. The van der Waals surface area contributed by atoms with Gasteiger partial charge < -0.3 is 10.4 Å². The predicted octanol–water partition coefficient (Wildman–Crippen LogP) is 3.46. The molecule has 0 aliphatic rings. The van der Waals surface area contributed by atoms with Crippen molar-refractivity contribution in [1.29, 1.82) is 0 Å². The lowest BCUT2D eigenvalue weighted by Gasteiger charge is -2.17. The van der Waals surface area contributed by atoms with Gasteiger partial charge in [-0.3, -0.25) is 10.1 Å². The van der Waals surface area contributed by atoms with E-state index in [1.165, 1.54) is 48.5 Å². The van der Waals surface area contributed by atoms with E-state index in [2.05, 4.69) is 5.32 Å². The summed E-state index contributed by atoms with van der Waals surface area (Å²) >= 11 is 5.46. The van der Waals surface area contributed by atoms with Crippen molar-refractivity contribution in [1.82, 2.24) is 0 Å². The van der Waals surface area contributed by atoms with Crippen molar-refractivity contribution >= 4 is 40.0 Å². The van der Waals surface area contributed by atoms with Gasteiger partial charge in [-0.05, 0) is 48.6 Å². The topological polar surface area (TPSA) is 82.1 Å². The molecule has 29 heavy (non-hydrogen) atoms. The fourth-order valence-corrected chi connectivity index (χ4v) is 3.01. The molecule has 0 fully saturated rings. The Morgan fingerprint density at radius 1 is 1.14 bits per heavy atom. The average molecular weight is 409 g/mol. The number of nitro benzene ring substituents is 1. The Morgan fingerprint density at radius 2 is 1.86 bits per heavy atom. The minimum absolute atomic E-state index is 0.101. The number of halogens is 1. The summed E-state index contributed by atoms with van der Waals surface area (Å²) in [7, 11) is 0. The van der Waals surface area contributed by atoms with Crippen LogP contribution in [-0.4, -0.2) is 9.91 Å². The number of hydrogen-bond donors (Lipinski definition) is 1. The predicted molar refractivity (Wildman–Crippen MR) is 110 cm³/mol. The first-order valence-electron chi connectivity index (χ1n) is 8.56. The Kier molecular flexibility index (Phi) is 5.94. The molecule has 0 amide bonds. The molecule has 1 aromatic heterocycles. The van der Waals surface area contributed by atoms with Gasteiger partial charge in [-0.15, -0.1) is 0 Å². The summed E-state index contributed by atoms with van der Waals surface area (Å²) in [5.74, 6) is -0.879. The van der Waals surface area contributed by atoms with Crippen LogP contribution in [0.25, 0.3) is 11.5 Å². The smallest absolute Gasteiger partial charge is 0.270 e. The summed E-state index contributed by atoms with van der Waals surface area (Å²) < 4.78 is 14.7. The van der Waals surface area contributed by atoms with Gasteiger partial charge in [0, 0.05) is 29.4 Å². The summed E-state index contributed by atoms with van der Waals surface area (Å²) in [5.41, 5.74) is 1.46. The highest BCUT2D eigenvalue weighted by molar-refractivity contribution is 7.81. The van der Waals surface area contributed by atoms with E-state index >= 15 is 0 Å². The maximum Gasteiger partial charge on any atom is 0.270 e. The second-order valence-corrected chi connectivity index (χ2v) is 6.64. The monoisotopic (exact) mass is 409 g/mol. The first kappa shape index (κ1) is 20.1. The van der Waals surface area contributed by atoms with Crippen molar-refractivity contribution in [2.45, 2.75) is 6.92 Å². The average Bonchev–Trinajstić information content (AvgIpc) is 2.70. The van der Waals surface area contributed by atoms with Crippen molar-refractivity contribution < 1.29 is 19.0 Å². The summed E-state index contributed by atoms with van der Waals surface area (Å²) in [5, 5.41) is 27.3. The molecule has 0 saturated heterocycles. The fourth-order valence-electron chi connectivity index (χ4n) is 2.69. The number of rotatable bonds is 5. The van der Waals surface area contributed by atoms with Crippen LogP contribution in [-0.2, 0) is 0 Å². The van der Waals surface area contributed by atoms with Crippen LogP contribution in [0.15, 0.2) is 73.1 Å². The van der Waals surface area contributed by atoms with Gasteiger partial charge in [-0.1, -0.05) is 24.4 Å². The molecular weight excluding hydrogens is 393 g/mol. The summed E-state index contributed by atoms with van der Waals surface area (Å²) in [6.45, 7) is 1.86. The van der Waals surface area contributed by atoms with Gasteiger partial charge in [-0.25, -0.2) is 4.39 Å². The number of thiocarbonyl (C=S) groups is 1. The van der Waals surface area contributed by atoms with Gasteiger partial charge in [0.1, 0.15) is 5.82 Å². The fraction of sp³-hybridized carbons (Fsp3) is 0.0476. The van der Waals surface area contributed by atoms with Crippen LogP contribution in [0.2, 0.25) is 0 Å². The zero-order valence-electron chi connectivity index (χ0n) is 15.3. The maximum atomic E-state index is 13.2. The van der Waals surface area contributed by atoms with Gasteiger partial charge in [0.05, 0.1) is 4.92 Å². The normalized spacial score (nSPS) is 11.5. The number of hydrogen-bond acceptors (Lipinski definition) is 4. The first-order valence-corrected chi connectivity index (χ1v) is 8.97. The summed E-state index contributed by atoms with van der Waals surface area (Å²) in [4.78, 5) is 10.6. The van der Waals surface area contributed by atoms with Crippen LogP contribution < -0.4 is 15.0 Å². The molecule has 3 rings (SSSR count). The minimum Gasteiger partial charge on any atom is -0.867 e. The number of nitro groups is 1. The standard InChI is InChI=1S/C21H16FN3O3S/c1-14-4-3-11-24(13-14)19(21(29)23-17-9-7-16(22)8-10-17)20(26)15-5-2-6-18(12-15)25(27)28/h2-13H,1H3,(H-,23,26,29). The van der Waals surface area contributed by atoms with Crippen molar-refractivity contribution in [2.75, 3.05) is 5.32 Å². The molecule has 1 heterocycles. The molecule has 0 aliphatic carbocycles. The van der Waals surface area contributed by atoms with Gasteiger partial charge in [0.15, 0.2) is 17.4 Å². The van der Waals surface area contributed by atoms with Crippen LogP contribution in [0.1, 0.15) is 11.1 Å². The van der Waals surface area contributed by atoms with E-state index in [0.29, 0.717) is 5.69 Å². The highest BCUT2D eigenvalue weighted by Gasteiger charge is 2.20. The van der Waals surface area contributed by atoms with Crippen molar-refractivity contribution in [3.05, 3.63) is 100 Å². The van der Waals surface area contributed by atoms with Crippen LogP contribution in [0, 0.1) is 22.9 Å². The third kappa shape index (κ3) is 4.80. The first-order chi connectivity index (χ1) is 13.8. The van der Waals surface area contributed by atoms with Crippen LogP contribution >= 0.6 is 12.2 Å². The zero-order chi connectivity index (χ0) is 21.0. The largest absolute Gasteiger partial charge is 0.867 e. The lowest BCUT2D eigenvalue weighted by atomic mass is 10.1. The molecule has 6 nitrogen and oxygen atoms in total. The number of non-ortho nitro benzene ring substituents is 1. The van der Waals surface area contributed by atoms with E-state index < -0.39 is 16.5 Å². The van der Waals surface area contributed by atoms with Crippen molar-refractivity contribution in [2.24, 2.45) is 0 Å². The number of nitrogens with zero attached hydrogens (tertiary/aromatic N) is 2. The third-order valence-corrected chi connectivity index (χ3v) is 4.35. The van der Waals surface area contributed by atoms with E-state index in [1.807, 2.05) is 13.0 Å². The lowest BCUT2D eigenvalue weighted by molar-refractivity contribution is -0.578. The molecule has 0 atom stereocenters. The molecule has 146 valence electrons. The molecule has 0 aliphatic heterocycles. The second-order valence-electron chi connectivity index (χ2n) is 6.23. The highest BCUT2D eigenvalue weighted by atomic mass is 32.1. The number of pyridine rings is 1. The Balaban J connectivity index is 2.10. The van der Waals surface area contributed by atoms with E-state index in [0.717, 1.165) is 5.56 Å². The molecule has 0 saturated carbocycles. The van der Waals surface area contributed by atoms with Crippen LogP contribution in [0.4, 0.5) is 15.8 Å². The molecule has 0 radical (unpaired) electrons. The molecule has 0 spiro atoms. The Bertz CT molecular complexity index is 1110. The van der Waals surface area contributed by atoms with Crippen molar-refractivity contribution in [3.63, 3.8) is 0 Å². The summed E-state index contributed by atoms with van der Waals surface area (Å²) in [6.07, 6.45) is 3.39. The van der Waals surface area contributed by atoms with Crippen LogP contribution in [0.3, 0.4) is 0 Å². The molecule has 2 aromatic carbocycles. The van der Waals surface area contributed by atoms with Gasteiger partial charge in [0.2, 0.25) is 5.70 Å². The molecule has 0 unspecified atom stereocenters. The Labute approximate surface area is 171 Å². The van der Waals surface area contributed by atoms with E-state index in [4.69, 9.17) is 12.2 Å². The Morgan fingerprint density at radius 3 is 2.52 bits per heavy atom. The van der Waals surface area contributed by atoms with E-state index in [-0.39, 0.29) is 21.9 Å². The number of aryl methyl sites for hydroxylation is 1. The number of nitrogens with one attached hydrogen (secondary N) is 1. The van der Waals surface area contributed by atoms with Gasteiger partial charge in [-0.2, -0.15) is 4.57 Å².